The van der Waals surface area contributed by atoms with E-state index < -0.39 is 12.0 Å². The third-order valence-corrected chi connectivity index (χ3v) is 6.47. The van der Waals surface area contributed by atoms with Crippen LogP contribution in [0.25, 0.3) is 6.08 Å². The van der Waals surface area contributed by atoms with Crippen LogP contribution in [0.4, 0.5) is 0 Å². The largest absolute Gasteiger partial charge is 0.497 e. The zero-order valence-corrected chi connectivity index (χ0v) is 21.2. The van der Waals surface area contributed by atoms with E-state index in [0.717, 1.165) is 5.56 Å². The van der Waals surface area contributed by atoms with Crippen LogP contribution >= 0.6 is 11.3 Å². The topological polar surface area (TPSA) is 79.1 Å². The van der Waals surface area contributed by atoms with Crippen molar-refractivity contribution in [1.82, 2.24) is 4.57 Å². The van der Waals surface area contributed by atoms with Gasteiger partial charge in [-0.2, -0.15) is 0 Å². The molecule has 2 aromatic carbocycles. The highest BCUT2D eigenvalue weighted by atomic mass is 32.1. The maximum Gasteiger partial charge on any atom is 0.338 e. The number of nitrogens with zero attached hydrogens (tertiary/aromatic N) is 2. The number of ether oxygens (including phenoxy) is 3. The number of carbonyl (C=O) groups is 1. The Hall–Kier alpha value is -3.65. The summed E-state index contributed by atoms with van der Waals surface area (Å²) >= 11 is 1.28. The standard InChI is InChI=1S/C27H28N2O5S/c1-6-33-26(31)23-17(4)28-27-29(24(23)20-12-7-8-13-21(20)34-16(2)3)25(30)22(35-27)15-18-10-9-11-19(14-18)32-5/h7-16,24H,6H2,1-5H3/b22-15-/t24-/m0/s1. The molecule has 0 aliphatic carbocycles. The SMILES string of the molecule is CCOC(=O)C1=C(C)N=c2s/c(=C\c3cccc(OC)c3)c(=O)n2[C@H]1c1ccccc1OC(C)C. The Labute approximate surface area is 207 Å². The lowest BCUT2D eigenvalue weighted by atomic mass is 9.95. The van der Waals surface area contributed by atoms with Gasteiger partial charge in [0.1, 0.15) is 17.5 Å². The third kappa shape index (κ3) is 4.93. The fourth-order valence-electron chi connectivity index (χ4n) is 4.04. The van der Waals surface area contributed by atoms with Crippen LogP contribution in [0.1, 0.15) is 44.9 Å². The zero-order chi connectivity index (χ0) is 25.1. The number of benzene rings is 2. The van der Waals surface area contributed by atoms with Gasteiger partial charge in [0.05, 0.1) is 35.6 Å². The van der Waals surface area contributed by atoms with Crippen molar-refractivity contribution in [3.8, 4) is 11.5 Å². The van der Waals surface area contributed by atoms with Gasteiger partial charge < -0.3 is 14.2 Å². The summed E-state index contributed by atoms with van der Waals surface area (Å²) in [6, 6.07) is 14.2. The van der Waals surface area contributed by atoms with Crippen LogP contribution in [0.15, 0.2) is 69.6 Å². The van der Waals surface area contributed by atoms with E-state index >= 15 is 0 Å². The van der Waals surface area contributed by atoms with Gasteiger partial charge >= 0.3 is 5.97 Å². The highest BCUT2D eigenvalue weighted by molar-refractivity contribution is 7.07. The highest BCUT2D eigenvalue weighted by Crippen LogP contribution is 2.36. The number of aromatic nitrogens is 1. The van der Waals surface area contributed by atoms with Gasteiger partial charge in [-0.25, -0.2) is 9.79 Å². The maximum absolute atomic E-state index is 13.8. The second kappa shape index (κ2) is 10.3. The summed E-state index contributed by atoms with van der Waals surface area (Å²) in [7, 11) is 1.60. The third-order valence-electron chi connectivity index (χ3n) is 5.48. The predicted molar refractivity (Wildman–Crippen MR) is 136 cm³/mol. The normalized spacial score (nSPS) is 15.6. The number of methoxy groups -OCH3 is 1. The van der Waals surface area contributed by atoms with E-state index in [4.69, 9.17) is 14.2 Å². The molecular weight excluding hydrogens is 464 g/mol. The van der Waals surface area contributed by atoms with Gasteiger partial charge in [-0.3, -0.25) is 9.36 Å². The van der Waals surface area contributed by atoms with E-state index in [1.54, 1.807) is 25.5 Å². The molecule has 7 nitrogen and oxygen atoms in total. The average Bonchev–Trinajstić information content (AvgIpc) is 3.13. The van der Waals surface area contributed by atoms with Crippen molar-refractivity contribution in [3.05, 3.63) is 90.6 Å². The summed E-state index contributed by atoms with van der Waals surface area (Å²) in [5, 5.41) is 0. The molecule has 0 saturated carbocycles. The van der Waals surface area contributed by atoms with Crippen LogP contribution < -0.4 is 24.4 Å². The van der Waals surface area contributed by atoms with Crippen LogP contribution in [0.2, 0.25) is 0 Å². The van der Waals surface area contributed by atoms with Crippen molar-refractivity contribution in [2.45, 2.75) is 39.8 Å². The Morgan fingerprint density at radius 1 is 1.20 bits per heavy atom. The van der Waals surface area contributed by atoms with Crippen molar-refractivity contribution in [2.24, 2.45) is 4.99 Å². The van der Waals surface area contributed by atoms with Gasteiger partial charge in [0, 0.05) is 5.56 Å². The minimum atomic E-state index is -0.729. The molecule has 0 amide bonds. The van der Waals surface area contributed by atoms with E-state index in [9.17, 15) is 9.59 Å². The number of para-hydroxylation sites is 1. The van der Waals surface area contributed by atoms with Crippen LogP contribution in [0.3, 0.4) is 0 Å². The number of rotatable bonds is 7. The van der Waals surface area contributed by atoms with Crippen molar-refractivity contribution in [2.75, 3.05) is 13.7 Å². The minimum Gasteiger partial charge on any atom is -0.497 e. The van der Waals surface area contributed by atoms with Gasteiger partial charge in [0.2, 0.25) is 0 Å². The van der Waals surface area contributed by atoms with Gasteiger partial charge in [-0.15, -0.1) is 0 Å². The first-order valence-electron chi connectivity index (χ1n) is 11.4. The number of hydrogen-bond donors (Lipinski definition) is 0. The van der Waals surface area contributed by atoms with Crippen LogP contribution in [0, 0.1) is 0 Å². The summed E-state index contributed by atoms with van der Waals surface area (Å²) in [5.74, 6) is 0.802. The molecule has 182 valence electrons. The Kier molecular flexibility index (Phi) is 7.21. The number of esters is 1. The predicted octanol–water partition coefficient (Wildman–Crippen LogP) is 3.59. The zero-order valence-electron chi connectivity index (χ0n) is 20.4. The molecule has 0 bridgehead atoms. The molecule has 35 heavy (non-hydrogen) atoms. The molecule has 1 aliphatic heterocycles. The number of fused-ring (bicyclic) bond motifs is 1. The molecule has 0 fully saturated rings. The number of allylic oxidation sites excluding steroid dienone is 1. The van der Waals surface area contributed by atoms with E-state index in [-0.39, 0.29) is 18.3 Å². The maximum atomic E-state index is 13.8. The molecule has 0 N–H and O–H groups in total. The smallest absolute Gasteiger partial charge is 0.338 e. The van der Waals surface area contributed by atoms with Crippen molar-refractivity contribution in [3.63, 3.8) is 0 Å². The Morgan fingerprint density at radius 3 is 2.69 bits per heavy atom. The average molecular weight is 493 g/mol. The van der Waals surface area contributed by atoms with E-state index in [0.29, 0.717) is 37.7 Å². The van der Waals surface area contributed by atoms with Crippen LogP contribution in [-0.4, -0.2) is 30.4 Å². The van der Waals surface area contributed by atoms with Gasteiger partial charge in [-0.05, 0) is 57.5 Å². The van der Waals surface area contributed by atoms with E-state index in [1.807, 2.05) is 68.5 Å². The van der Waals surface area contributed by atoms with Crippen LogP contribution in [0.5, 0.6) is 11.5 Å². The summed E-state index contributed by atoms with van der Waals surface area (Å²) in [6.07, 6.45) is 1.72. The number of hydrogen-bond acceptors (Lipinski definition) is 7. The molecule has 4 rings (SSSR count). The minimum absolute atomic E-state index is 0.0869. The number of thiazole rings is 1. The molecule has 2 heterocycles. The molecule has 3 aromatic rings. The fraction of sp³-hybridized carbons (Fsp3) is 0.296. The summed E-state index contributed by atoms with van der Waals surface area (Å²) in [5.41, 5.74) is 2.13. The molecule has 0 radical (unpaired) electrons. The first-order chi connectivity index (χ1) is 16.8. The Morgan fingerprint density at radius 2 is 1.97 bits per heavy atom. The van der Waals surface area contributed by atoms with Crippen LogP contribution in [-0.2, 0) is 9.53 Å². The monoisotopic (exact) mass is 492 g/mol. The van der Waals surface area contributed by atoms with Gasteiger partial charge in [0.15, 0.2) is 4.80 Å². The Bertz CT molecular complexity index is 1470. The second-order valence-corrected chi connectivity index (χ2v) is 9.29. The lowest BCUT2D eigenvalue weighted by molar-refractivity contribution is -0.139. The molecular formula is C27H28N2O5S. The van der Waals surface area contributed by atoms with Gasteiger partial charge in [-0.1, -0.05) is 41.7 Å². The van der Waals surface area contributed by atoms with Crippen molar-refractivity contribution < 1.29 is 19.0 Å². The van der Waals surface area contributed by atoms with E-state index in [1.165, 1.54) is 11.3 Å². The lowest BCUT2D eigenvalue weighted by Gasteiger charge is -2.26. The molecule has 0 spiro atoms. The molecule has 1 atom stereocenters. The lowest BCUT2D eigenvalue weighted by Crippen LogP contribution is -2.40. The number of carbonyl (C=O) groups excluding carboxylic acids is 1. The van der Waals surface area contributed by atoms with E-state index in [2.05, 4.69) is 4.99 Å². The molecule has 1 aromatic heterocycles. The summed E-state index contributed by atoms with van der Waals surface area (Å²) in [4.78, 5) is 32.0. The highest BCUT2D eigenvalue weighted by Gasteiger charge is 2.35. The Balaban J connectivity index is 1.97. The molecule has 0 saturated heterocycles. The molecule has 1 aliphatic rings. The quantitative estimate of drug-likeness (QED) is 0.471. The molecule has 0 unspecified atom stereocenters. The first-order valence-corrected chi connectivity index (χ1v) is 12.2. The molecule has 8 heteroatoms. The second-order valence-electron chi connectivity index (χ2n) is 8.28. The fourth-order valence-corrected chi connectivity index (χ4v) is 5.08. The van der Waals surface area contributed by atoms with Crippen molar-refractivity contribution in [1.29, 1.82) is 0 Å². The van der Waals surface area contributed by atoms with Crippen molar-refractivity contribution >= 4 is 23.4 Å². The summed E-state index contributed by atoms with van der Waals surface area (Å²) < 4.78 is 18.8. The first kappa shape index (κ1) is 24.5. The summed E-state index contributed by atoms with van der Waals surface area (Å²) in [6.45, 7) is 7.60. The van der Waals surface area contributed by atoms with Gasteiger partial charge in [0.25, 0.3) is 5.56 Å².